The number of hydrogen-bond acceptors (Lipinski definition) is 4. The highest BCUT2D eigenvalue weighted by molar-refractivity contribution is 5.73. The Balaban J connectivity index is 1.49. The van der Waals surface area contributed by atoms with Crippen molar-refractivity contribution in [3.63, 3.8) is 0 Å². The molecule has 0 radical (unpaired) electrons. The van der Waals surface area contributed by atoms with E-state index in [1.54, 1.807) is 29.9 Å². The fourth-order valence-electron chi connectivity index (χ4n) is 4.15. The van der Waals surface area contributed by atoms with Gasteiger partial charge in [-0.05, 0) is 42.7 Å². The van der Waals surface area contributed by atoms with Crippen molar-refractivity contribution in [2.75, 3.05) is 32.8 Å². The first-order chi connectivity index (χ1) is 13.0. The quantitative estimate of drug-likeness (QED) is 0.829. The summed E-state index contributed by atoms with van der Waals surface area (Å²) in [5.74, 6) is -0.111. The Morgan fingerprint density at radius 2 is 2.11 bits per heavy atom. The normalized spacial score (nSPS) is 20.1. The highest BCUT2D eigenvalue weighted by Crippen LogP contribution is 2.31. The lowest BCUT2D eigenvalue weighted by atomic mass is 9.89. The molecule has 2 fully saturated rings. The van der Waals surface area contributed by atoms with Gasteiger partial charge in [-0.15, -0.1) is 0 Å². The molecule has 0 aliphatic carbocycles. The molecule has 7 heteroatoms. The molecule has 0 bridgehead atoms. The number of likely N-dealkylation sites (tertiary alicyclic amines) is 1. The predicted octanol–water partition coefficient (Wildman–Crippen LogP) is 2.22. The van der Waals surface area contributed by atoms with E-state index < -0.39 is 0 Å². The van der Waals surface area contributed by atoms with Crippen molar-refractivity contribution in [2.45, 2.75) is 31.9 Å². The van der Waals surface area contributed by atoms with Crippen molar-refractivity contribution in [3.8, 4) is 5.69 Å². The fraction of sp³-hybridized carbons (Fsp3) is 0.500. The average Bonchev–Trinajstić information content (AvgIpc) is 3.17. The molecule has 144 valence electrons. The number of halogens is 1. The minimum atomic E-state index is -0.237. The molecule has 27 heavy (non-hydrogen) atoms. The molecule has 0 saturated carbocycles. The number of ether oxygens (including phenoxy) is 1. The number of hydrogen-bond donors (Lipinski definition) is 0. The molecule has 6 nitrogen and oxygen atoms in total. The Hall–Kier alpha value is -2.25. The van der Waals surface area contributed by atoms with Crippen LogP contribution in [-0.4, -0.2) is 63.9 Å². The van der Waals surface area contributed by atoms with Crippen molar-refractivity contribution in [1.29, 1.82) is 0 Å². The van der Waals surface area contributed by atoms with Gasteiger partial charge >= 0.3 is 0 Å². The van der Waals surface area contributed by atoms with Gasteiger partial charge in [0.2, 0.25) is 5.91 Å². The molecule has 4 rings (SSSR count). The third kappa shape index (κ3) is 3.89. The summed E-state index contributed by atoms with van der Waals surface area (Å²) in [5, 5.41) is 4.29. The Morgan fingerprint density at radius 1 is 1.30 bits per heavy atom. The van der Waals surface area contributed by atoms with E-state index in [9.17, 15) is 9.18 Å². The molecule has 2 aliphatic heterocycles. The Labute approximate surface area is 158 Å². The first-order valence-electron chi connectivity index (χ1n) is 9.45. The summed E-state index contributed by atoms with van der Waals surface area (Å²) in [6.45, 7) is 6.01. The van der Waals surface area contributed by atoms with Crippen molar-refractivity contribution in [3.05, 3.63) is 48.0 Å². The van der Waals surface area contributed by atoms with E-state index in [0.29, 0.717) is 13.2 Å². The Morgan fingerprint density at radius 3 is 2.81 bits per heavy atom. The molecular weight excluding hydrogens is 347 g/mol. The molecule has 0 unspecified atom stereocenters. The zero-order valence-corrected chi connectivity index (χ0v) is 15.6. The molecule has 0 atom stereocenters. The molecule has 2 aromatic rings. The van der Waals surface area contributed by atoms with Gasteiger partial charge in [0.15, 0.2) is 0 Å². The van der Waals surface area contributed by atoms with Crippen molar-refractivity contribution >= 4 is 5.91 Å². The largest absolute Gasteiger partial charge is 0.372 e. The lowest BCUT2D eigenvalue weighted by Gasteiger charge is -2.47. The summed E-state index contributed by atoms with van der Waals surface area (Å²) in [7, 11) is 0. The second-order valence-electron chi connectivity index (χ2n) is 7.47. The second kappa shape index (κ2) is 7.40. The van der Waals surface area contributed by atoms with E-state index in [0.717, 1.165) is 50.3 Å². The summed E-state index contributed by atoms with van der Waals surface area (Å²) in [4.78, 5) is 15.8. The van der Waals surface area contributed by atoms with E-state index >= 15 is 0 Å². The van der Waals surface area contributed by atoms with E-state index in [1.807, 2.05) is 17.2 Å². The number of amides is 1. The van der Waals surface area contributed by atoms with Crippen LogP contribution in [0.15, 0.2) is 36.7 Å². The predicted molar refractivity (Wildman–Crippen MR) is 99.0 cm³/mol. The minimum absolute atomic E-state index is 0.126. The second-order valence-corrected chi connectivity index (χ2v) is 7.47. The highest BCUT2D eigenvalue weighted by Gasteiger charge is 2.40. The number of rotatable bonds is 3. The van der Waals surface area contributed by atoms with Crippen LogP contribution in [0, 0.1) is 5.82 Å². The van der Waals surface area contributed by atoms with Crippen molar-refractivity contribution in [1.82, 2.24) is 19.6 Å². The number of aromatic nitrogens is 2. The molecule has 2 saturated heterocycles. The van der Waals surface area contributed by atoms with Crippen LogP contribution in [0.1, 0.15) is 25.3 Å². The number of benzene rings is 1. The molecule has 1 amide bonds. The average molecular weight is 372 g/mol. The highest BCUT2D eigenvalue weighted by atomic mass is 19.1. The molecule has 2 aliphatic rings. The van der Waals surface area contributed by atoms with Gasteiger partial charge in [-0.2, -0.15) is 5.10 Å². The third-order valence-corrected chi connectivity index (χ3v) is 5.63. The van der Waals surface area contributed by atoms with Gasteiger partial charge in [0, 0.05) is 52.0 Å². The third-order valence-electron chi connectivity index (χ3n) is 5.63. The lowest BCUT2D eigenvalue weighted by Crippen LogP contribution is -2.57. The van der Waals surface area contributed by atoms with Crippen LogP contribution in [0.4, 0.5) is 4.39 Å². The van der Waals surface area contributed by atoms with Gasteiger partial charge in [-0.1, -0.05) is 0 Å². The zero-order valence-electron chi connectivity index (χ0n) is 15.6. The Kier molecular flexibility index (Phi) is 4.97. The van der Waals surface area contributed by atoms with Crippen molar-refractivity contribution < 1.29 is 13.9 Å². The van der Waals surface area contributed by atoms with Gasteiger partial charge in [0.05, 0.1) is 17.9 Å². The van der Waals surface area contributed by atoms with Crippen LogP contribution >= 0.6 is 0 Å². The molecule has 3 heterocycles. The molecule has 1 aromatic heterocycles. The van der Waals surface area contributed by atoms with Gasteiger partial charge in [-0.3, -0.25) is 9.69 Å². The van der Waals surface area contributed by atoms with Gasteiger partial charge in [0.1, 0.15) is 5.82 Å². The number of nitrogens with zero attached hydrogens (tertiary/aromatic N) is 4. The van der Waals surface area contributed by atoms with E-state index in [1.165, 1.54) is 6.07 Å². The van der Waals surface area contributed by atoms with Crippen LogP contribution in [0.5, 0.6) is 0 Å². The fourth-order valence-corrected chi connectivity index (χ4v) is 4.15. The monoisotopic (exact) mass is 372 g/mol. The standard InChI is InChI=1S/C20H25FN4O2/c1-16(26)24-9-5-20(6-10-24)15-23(11-12-27-20)14-17-13-18(21)3-4-19(17)25-8-2-7-22-25/h2-4,7-8,13H,5-6,9-12,14-15H2,1H3. The first kappa shape index (κ1) is 18.1. The summed E-state index contributed by atoms with van der Waals surface area (Å²) in [6.07, 6.45) is 5.28. The summed E-state index contributed by atoms with van der Waals surface area (Å²) in [5.41, 5.74) is 1.61. The minimum Gasteiger partial charge on any atom is -0.372 e. The summed E-state index contributed by atoms with van der Waals surface area (Å²) < 4.78 is 21.8. The number of morpholine rings is 1. The molecule has 0 N–H and O–H groups in total. The molecular formula is C20H25FN4O2. The van der Waals surface area contributed by atoms with Gasteiger partial charge in [0.25, 0.3) is 0 Å². The summed E-state index contributed by atoms with van der Waals surface area (Å²) in [6, 6.07) is 6.70. The van der Waals surface area contributed by atoms with Crippen LogP contribution < -0.4 is 0 Å². The van der Waals surface area contributed by atoms with E-state index in [2.05, 4.69) is 10.00 Å². The van der Waals surface area contributed by atoms with Gasteiger partial charge in [-0.25, -0.2) is 9.07 Å². The van der Waals surface area contributed by atoms with Crippen LogP contribution in [0.3, 0.4) is 0 Å². The first-order valence-corrected chi connectivity index (χ1v) is 9.45. The van der Waals surface area contributed by atoms with Crippen LogP contribution in [-0.2, 0) is 16.1 Å². The maximum atomic E-state index is 13.9. The zero-order chi connectivity index (χ0) is 18.9. The maximum Gasteiger partial charge on any atom is 0.219 e. The molecule has 1 spiro atoms. The lowest BCUT2D eigenvalue weighted by molar-refractivity contribution is -0.149. The summed E-state index contributed by atoms with van der Waals surface area (Å²) >= 11 is 0. The Bertz CT molecular complexity index is 800. The maximum absolute atomic E-state index is 13.9. The number of carbonyl (C=O) groups excluding carboxylic acids is 1. The number of carbonyl (C=O) groups is 1. The topological polar surface area (TPSA) is 50.6 Å². The smallest absolute Gasteiger partial charge is 0.219 e. The van der Waals surface area contributed by atoms with Crippen LogP contribution in [0.2, 0.25) is 0 Å². The van der Waals surface area contributed by atoms with E-state index in [4.69, 9.17) is 4.74 Å². The van der Waals surface area contributed by atoms with Gasteiger partial charge < -0.3 is 9.64 Å². The molecule has 1 aromatic carbocycles. The SMILES string of the molecule is CC(=O)N1CCC2(CC1)CN(Cc1cc(F)ccc1-n1cccn1)CCO2. The van der Waals surface area contributed by atoms with Crippen molar-refractivity contribution in [2.24, 2.45) is 0 Å². The number of piperidine rings is 1. The van der Waals surface area contributed by atoms with E-state index in [-0.39, 0.29) is 17.3 Å². The van der Waals surface area contributed by atoms with Crippen LogP contribution in [0.25, 0.3) is 5.69 Å².